The maximum atomic E-state index is 13.1. The Morgan fingerprint density at radius 3 is 2.55 bits per heavy atom. The number of nitrogens with zero attached hydrogens (tertiary/aromatic N) is 6. The zero-order valence-corrected chi connectivity index (χ0v) is 20.9. The second-order valence-electron chi connectivity index (χ2n) is 8.31. The van der Waals surface area contributed by atoms with Crippen LogP contribution < -0.4 is 10.6 Å². The van der Waals surface area contributed by atoms with Gasteiger partial charge in [0.1, 0.15) is 0 Å². The summed E-state index contributed by atoms with van der Waals surface area (Å²) < 4.78 is 41.0. The molecule has 0 unspecified atom stereocenters. The Morgan fingerprint density at radius 1 is 1.11 bits per heavy atom. The minimum Gasteiger partial charge on any atom is -0.354 e. The van der Waals surface area contributed by atoms with Crippen LogP contribution in [0.5, 0.6) is 0 Å². The van der Waals surface area contributed by atoms with Gasteiger partial charge in [0.25, 0.3) is 5.91 Å². The number of rotatable bonds is 11. The molecule has 200 valence electrons. The van der Waals surface area contributed by atoms with Gasteiger partial charge in [0, 0.05) is 25.4 Å². The Hall–Kier alpha value is -4.42. The largest absolute Gasteiger partial charge is 0.413 e. The van der Waals surface area contributed by atoms with Gasteiger partial charge in [0.2, 0.25) is 5.91 Å². The molecule has 0 fully saturated rings. The molecule has 2 N–H and O–H groups in total. The molecular formula is C25H27F3N8O2. The number of aromatic nitrogens is 6. The summed E-state index contributed by atoms with van der Waals surface area (Å²) in [4.78, 5) is 28.1. The van der Waals surface area contributed by atoms with E-state index in [1.165, 1.54) is 25.4 Å². The fourth-order valence-corrected chi connectivity index (χ4v) is 3.51. The van der Waals surface area contributed by atoms with Crippen molar-refractivity contribution in [1.82, 2.24) is 35.5 Å². The van der Waals surface area contributed by atoms with Gasteiger partial charge in [-0.15, -0.1) is 10.2 Å². The normalized spacial score (nSPS) is 12.0. The van der Waals surface area contributed by atoms with E-state index in [0.717, 1.165) is 31.5 Å². The van der Waals surface area contributed by atoms with Crippen LogP contribution in [0.3, 0.4) is 0 Å². The quantitative estimate of drug-likeness (QED) is 0.288. The van der Waals surface area contributed by atoms with Gasteiger partial charge in [0.15, 0.2) is 11.5 Å². The number of unbranched alkanes of at least 4 members (excludes halogenated alkanes) is 1. The van der Waals surface area contributed by atoms with Gasteiger partial charge in [-0.25, -0.2) is 0 Å². The molecule has 0 aliphatic rings. The number of hydrogen-bond acceptors (Lipinski definition) is 7. The van der Waals surface area contributed by atoms with Crippen LogP contribution >= 0.6 is 0 Å². The SMILES string of the molecule is C=C/C(=C(\C)C(F)(F)F)c1ccnc(CC(=O)Nc2ccc(CCCCn3cc(C(=O)NC)nn3)nn2)c1. The summed E-state index contributed by atoms with van der Waals surface area (Å²) in [6.07, 6.45) is 1.66. The average Bonchev–Trinajstić information content (AvgIpc) is 3.36. The predicted molar refractivity (Wildman–Crippen MR) is 134 cm³/mol. The fourth-order valence-electron chi connectivity index (χ4n) is 3.51. The van der Waals surface area contributed by atoms with E-state index < -0.39 is 17.7 Å². The lowest BCUT2D eigenvalue weighted by Crippen LogP contribution is -2.18. The molecule has 3 aromatic rings. The van der Waals surface area contributed by atoms with E-state index in [1.54, 1.807) is 23.0 Å². The van der Waals surface area contributed by atoms with E-state index >= 15 is 0 Å². The average molecular weight is 529 g/mol. The highest BCUT2D eigenvalue weighted by molar-refractivity contribution is 5.92. The Kier molecular flexibility index (Phi) is 9.41. The molecule has 2 amide bonds. The predicted octanol–water partition coefficient (Wildman–Crippen LogP) is 3.55. The summed E-state index contributed by atoms with van der Waals surface area (Å²) in [5.41, 5.74) is 0.720. The number of alkyl halides is 3. The smallest absolute Gasteiger partial charge is 0.354 e. The van der Waals surface area contributed by atoms with E-state index in [2.05, 4.69) is 42.7 Å². The van der Waals surface area contributed by atoms with E-state index in [9.17, 15) is 22.8 Å². The number of carbonyl (C=O) groups excluding carboxylic acids is 2. The van der Waals surface area contributed by atoms with Crippen LogP contribution in [0, 0.1) is 0 Å². The number of halogens is 3. The molecular weight excluding hydrogens is 501 g/mol. The number of amides is 2. The van der Waals surface area contributed by atoms with Gasteiger partial charge >= 0.3 is 6.18 Å². The Bertz CT molecular complexity index is 1320. The Balaban J connectivity index is 1.50. The summed E-state index contributed by atoms with van der Waals surface area (Å²) in [6, 6.07) is 6.25. The minimum atomic E-state index is -4.50. The van der Waals surface area contributed by atoms with E-state index in [1.807, 2.05) is 0 Å². The summed E-state index contributed by atoms with van der Waals surface area (Å²) in [5.74, 6) is -0.477. The molecule has 0 saturated heterocycles. The zero-order chi connectivity index (χ0) is 27.7. The maximum absolute atomic E-state index is 13.1. The molecule has 13 heteroatoms. The van der Waals surface area contributed by atoms with Crippen LogP contribution in [0.15, 0.2) is 54.9 Å². The van der Waals surface area contributed by atoms with Gasteiger partial charge in [-0.1, -0.05) is 17.9 Å². The second-order valence-corrected chi connectivity index (χ2v) is 8.31. The lowest BCUT2D eigenvalue weighted by molar-refractivity contribution is -0.115. The third kappa shape index (κ3) is 7.79. The van der Waals surface area contributed by atoms with Gasteiger partial charge in [-0.05, 0) is 61.6 Å². The first kappa shape index (κ1) is 28.2. The first-order valence-electron chi connectivity index (χ1n) is 11.7. The molecule has 3 aromatic heterocycles. The zero-order valence-electron chi connectivity index (χ0n) is 20.9. The van der Waals surface area contributed by atoms with Crippen LogP contribution in [0.25, 0.3) is 5.57 Å². The van der Waals surface area contributed by atoms with Crippen LogP contribution in [-0.2, 0) is 24.2 Å². The second kappa shape index (κ2) is 12.7. The number of aryl methyl sites for hydroxylation is 2. The highest BCUT2D eigenvalue weighted by Crippen LogP contribution is 2.32. The van der Waals surface area contributed by atoms with Crippen molar-refractivity contribution in [3.8, 4) is 0 Å². The summed E-state index contributed by atoms with van der Waals surface area (Å²) >= 11 is 0. The van der Waals surface area contributed by atoms with Crippen molar-refractivity contribution in [2.24, 2.45) is 0 Å². The van der Waals surface area contributed by atoms with Gasteiger partial charge in [-0.3, -0.25) is 19.3 Å². The van der Waals surface area contributed by atoms with Crippen LogP contribution in [0.2, 0.25) is 0 Å². The lowest BCUT2D eigenvalue weighted by Gasteiger charge is -2.13. The number of hydrogen-bond donors (Lipinski definition) is 2. The lowest BCUT2D eigenvalue weighted by atomic mass is 10.00. The number of anilines is 1. The number of nitrogens with one attached hydrogen (secondary N) is 2. The molecule has 0 radical (unpaired) electrons. The molecule has 3 rings (SSSR count). The van der Waals surface area contributed by atoms with Crippen LogP contribution in [0.4, 0.5) is 19.0 Å². The molecule has 0 atom stereocenters. The van der Waals surface area contributed by atoms with Gasteiger partial charge < -0.3 is 10.6 Å². The molecule has 3 heterocycles. The van der Waals surface area contributed by atoms with Crippen LogP contribution in [-0.4, -0.2) is 55.2 Å². The molecule has 38 heavy (non-hydrogen) atoms. The molecule has 10 nitrogen and oxygen atoms in total. The molecule has 0 aliphatic carbocycles. The van der Waals surface area contributed by atoms with Crippen molar-refractivity contribution in [3.05, 3.63) is 77.5 Å². The summed E-state index contributed by atoms with van der Waals surface area (Å²) in [6.45, 7) is 5.06. The van der Waals surface area contributed by atoms with Crippen LogP contribution in [0.1, 0.15) is 47.2 Å². The molecule has 0 aromatic carbocycles. The number of carbonyl (C=O) groups is 2. The summed E-state index contributed by atoms with van der Waals surface area (Å²) in [7, 11) is 1.53. The molecule has 0 bridgehead atoms. The van der Waals surface area contributed by atoms with Crippen molar-refractivity contribution in [1.29, 1.82) is 0 Å². The fraction of sp³-hybridized carbons (Fsp3) is 0.320. The highest BCUT2D eigenvalue weighted by atomic mass is 19.4. The van der Waals surface area contributed by atoms with Gasteiger partial charge in [0.05, 0.1) is 24.0 Å². The molecule has 0 spiro atoms. The Morgan fingerprint density at radius 2 is 1.89 bits per heavy atom. The topological polar surface area (TPSA) is 128 Å². The van der Waals surface area contributed by atoms with Gasteiger partial charge in [-0.2, -0.15) is 18.3 Å². The Labute approximate surface area is 217 Å². The molecule has 0 saturated carbocycles. The van der Waals surface area contributed by atoms with E-state index in [-0.39, 0.29) is 35.0 Å². The highest BCUT2D eigenvalue weighted by Gasteiger charge is 2.32. The molecule has 0 aliphatic heterocycles. The number of allylic oxidation sites excluding steroid dienone is 3. The first-order chi connectivity index (χ1) is 18.1. The van der Waals surface area contributed by atoms with Crippen molar-refractivity contribution < 1.29 is 22.8 Å². The standard InChI is InChI=1S/C25H27F3N8O2/c1-4-20(16(2)25(26,27)28)17-10-11-30-19(13-17)14-23(37)31-22-9-8-18(32-34-22)7-5-6-12-36-15-21(33-35-36)24(38)29-3/h4,8-11,13,15H,1,5-7,12,14H2,2-3H3,(H,29,38)(H,31,34,37)/b20-16-. The maximum Gasteiger partial charge on any atom is 0.413 e. The monoisotopic (exact) mass is 528 g/mol. The minimum absolute atomic E-state index is 0.0713. The van der Waals surface area contributed by atoms with Crippen molar-refractivity contribution >= 4 is 23.2 Å². The van der Waals surface area contributed by atoms with Crippen molar-refractivity contribution in [3.63, 3.8) is 0 Å². The van der Waals surface area contributed by atoms with E-state index in [4.69, 9.17) is 0 Å². The van der Waals surface area contributed by atoms with Crippen molar-refractivity contribution in [2.75, 3.05) is 12.4 Å². The van der Waals surface area contributed by atoms with Crippen molar-refractivity contribution in [2.45, 2.75) is 45.3 Å². The third-order valence-electron chi connectivity index (χ3n) is 5.56. The summed E-state index contributed by atoms with van der Waals surface area (Å²) in [5, 5.41) is 21.0. The number of pyridine rings is 1. The third-order valence-corrected chi connectivity index (χ3v) is 5.56. The first-order valence-corrected chi connectivity index (χ1v) is 11.7. The van der Waals surface area contributed by atoms with E-state index in [0.29, 0.717) is 18.7 Å².